The molecule has 2 N–H and O–H groups in total. The van der Waals surface area contributed by atoms with Crippen LogP contribution in [0.4, 0.5) is 5.82 Å². The second-order valence-corrected chi connectivity index (χ2v) is 7.41. The number of aliphatic imine (C=N–C) groups is 1. The molecule has 168 valence electrons. The molecule has 31 heavy (non-hydrogen) atoms. The van der Waals surface area contributed by atoms with Gasteiger partial charge in [-0.2, -0.15) is 0 Å². The number of anilines is 1. The molecule has 0 bridgehead atoms. The van der Waals surface area contributed by atoms with Crippen LogP contribution in [-0.4, -0.2) is 61.0 Å². The first-order valence-electron chi connectivity index (χ1n) is 10.7. The van der Waals surface area contributed by atoms with Crippen LogP contribution in [0.1, 0.15) is 24.5 Å². The molecule has 1 fully saturated rings. The van der Waals surface area contributed by atoms with Crippen molar-refractivity contribution >= 4 is 41.7 Å². The predicted molar refractivity (Wildman–Crippen MR) is 137 cm³/mol. The summed E-state index contributed by atoms with van der Waals surface area (Å²) in [5.41, 5.74) is 2.41. The summed E-state index contributed by atoms with van der Waals surface area (Å²) in [6.45, 7) is 9.17. The third-order valence-corrected chi connectivity index (χ3v) is 5.12. The Balaban J connectivity index is 0.00000341. The lowest BCUT2D eigenvalue weighted by molar-refractivity contribution is -0.131. The number of aromatic nitrogens is 1. The van der Waals surface area contributed by atoms with E-state index < -0.39 is 0 Å². The molecule has 0 spiro atoms. The minimum absolute atomic E-state index is 0. The monoisotopic (exact) mass is 536 g/mol. The molecule has 1 amide bonds. The van der Waals surface area contributed by atoms with Crippen LogP contribution in [0.15, 0.2) is 53.7 Å². The highest BCUT2D eigenvalue weighted by Crippen LogP contribution is 2.13. The molecule has 2 heterocycles. The van der Waals surface area contributed by atoms with E-state index in [1.807, 2.05) is 30.0 Å². The lowest BCUT2D eigenvalue weighted by atomic mass is 10.1. The zero-order chi connectivity index (χ0) is 21.2. The first-order chi connectivity index (χ1) is 14.7. The largest absolute Gasteiger partial charge is 0.357 e. The fraction of sp³-hybridized carbons (Fsp3) is 0.435. The van der Waals surface area contributed by atoms with Crippen LogP contribution in [0.3, 0.4) is 0 Å². The smallest absolute Gasteiger partial charge is 0.224 e. The number of rotatable bonds is 7. The molecule has 0 saturated carbocycles. The van der Waals surface area contributed by atoms with Crippen molar-refractivity contribution in [3.63, 3.8) is 0 Å². The van der Waals surface area contributed by atoms with Gasteiger partial charge < -0.3 is 20.4 Å². The minimum Gasteiger partial charge on any atom is -0.357 e. The summed E-state index contributed by atoms with van der Waals surface area (Å²) >= 11 is 0. The van der Waals surface area contributed by atoms with Gasteiger partial charge in [0.15, 0.2) is 5.96 Å². The highest BCUT2D eigenvalue weighted by molar-refractivity contribution is 14.0. The quantitative estimate of drug-likeness (QED) is 0.324. The summed E-state index contributed by atoms with van der Waals surface area (Å²) in [7, 11) is 0. The van der Waals surface area contributed by atoms with E-state index in [4.69, 9.17) is 0 Å². The van der Waals surface area contributed by atoms with Gasteiger partial charge >= 0.3 is 0 Å². The molecule has 7 nitrogen and oxygen atoms in total. The van der Waals surface area contributed by atoms with E-state index in [9.17, 15) is 4.79 Å². The number of amides is 1. The summed E-state index contributed by atoms with van der Waals surface area (Å²) in [5, 5.41) is 6.52. The van der Waals surface area contributed by atoms with Crippen molar-refractivity contribution in [1.82, 2.24) is 20.5 Å². The SMILES string of the molecule is CCNC(=NCc1ccc(C)cc1)NCCC(=O)N1CCN(c2ccccn2)CC1.I. The molecule has 3 rings (SSSR count). The summed E-state index contributed by atoms with van der Waals surface area (Å²) in [6, 6.07) is 14.3. The number of guanidine groups is 1. The number of benzene rings is 1. The second-order valence-electron chi connectivity index (χ2n) is 7.41. The van der Waals surface area contributed by atoms with Gasteiger partial charge in [0.1, 0.15) is 5.82 Å². The highest BCUT2D eigenvalue weighted by Gasteiger charge is 2.21. The Bertz CT molecular complexity index is 820. The fourth-order valence-corrected chi connectivity index (χ4v) is 3.38. The van der Waals surface area contributed by atoms with Gasteiger partial charge in [-0.05, 0) is 31.5 Å². The van der Waals surface area contributed by atoms with Crippen LogP contribution < -0.4 is 15.5 Å². The van der Waals surface area contributed by atoms with Crippen molar-refractivity contribution in [2.75, 3.05) is 44.2 Å². The first-order valence-corrected chi connectivity index (χ1v) is 10.7. The Morgan fingerprint density at radius 3 is 2.45 bits per heavy atom. The number of carbonyl (C=O) groups is 1. The lowest BCUT2D eigenvalue weighted by Crippen LogP contribution is -2.49. The number of nitrogens with zero attached hydrogens (tertiary/aromatic N) is 4. The minimum atomic E-state index is 0. The molecule has 1 saturated heterocycles. The number of aryl methyl sites for hydroxylation is 1. The van der Waals surface area contributed by atoms with Crippen molar-refractivity contribution in [2.45, 2.75) is 26.8 Å². The number of hydrogen-bond acceptors (Lipinski definition) is 4. The molecule has 2 aromatic rings. The molecule has 8 heteroatoms. The van der Waals surface area contributed by atoms with Gasteiger partial charge in [0.25, 0.3) is 0 Å². The van der Waals surface area contributed by atoms with Crippen LogP contribution in [-0.2, 0) is 11.3 Å². The number of nitrogens with one attached hydrogen (secondary N) is 2. The van der Waals surface area contributed by atoms with Crippen LogP contribution in [0.2, 0.25) is 0 Å². The Morgan fingerprint density at radius 1 is 1.06 bits per heavy atom. The van der Waals surface area contributed by atoms with E-state index in [-0.39, 0.29) is 29.9 Å². The third kappa shape index (κ3) is 8.01. The molecular weight excluding hydrogens is 503 g/mol. The maximum atomic E-state index is 12.6. The van der Waals surface area contributed by atoms with Crippen molar-refractivity contribution in [1.29, 1.82) is 0 Å². The van der Waals surface area contributed by atoms with Gasteiger partial charge in [0.05, 0.1) is 6.54 Å². The number of piperazine rings is 1. The maximum absolute atomic E-state index is 12.6. The number of halogens is 1. The van der Waals surface area contributed by atoms with Gasteiger partial charge in [-0.25, -0.2) is 9.98 Å². The van der Waals surface area contributed by atoms with E-state index in [0.29, 0.717) is 19.5 Å². The fourth-order valence-electron chi connectivity index (χ4n) is 3.38. The summed E-state index contributed by atoms with van der Waals surface area (Å²) in [6.07, 6.45) is 2.26. The predicted octanol–water partition coefficient (Wildman–Crippen LogP) is 2.80. The van der Waals surface area contributed by atoms with E-state index in [0.717, 1.165) is 44.5 Å². The first kappa shape index (κ1) is 24.9. The van der Waals surface area contributed by atoms with Gasteiger partial charge in [-0.1, -0.05) is 35.9 Å². The summed E-state index contributed by atoms with van der Waals surface area (Å²) in [4.78, 5) is 25.8. The normalized spacial score (nSPS) is 14.1. The van der Waals surface area contributed by atoms with Crippen molar-refractivity contribution < 1.29 is 4.79 Å². The third-order valence-electron chi connectivity index (χ3n) is 5.12. The number of pyridine rings is 1. The second kappa shape index (κ2) is 13.1. The molecule has 1 aliphatic rings. The summed E-state index contributed by atoms with van der Waals surface area (Å²) in [5.74, 6) is 1.90. The number of carbonyl (C=O) groups excluding carboxylic acids is 1. The molecule has 1 aromatic carbocycles. The lowest BCUT2D eigenvalue weighted by Gasteiger charge is -2.35. The summed E-state index contributed by atoms with van der Waals surface area (Å²) < 4.78 is 0. The zero-order valence-corrected chi connectivity index (χ0v) is 20.7. The van der Waals surface area contributed by atoms with Gasteiger partial charge in [0, 0.05) is 51.9 Å². The molecule has 0 atom stereocenters. The van der Waals surface area contributed by atoms with Crippen LogP contribution in [0.25, 0.3) is 0 Å². The molecule has 0 unspecified atom stereocenters. The Kier molecular flexibility index (Phi) is 10.6. The van der Waals surface area contributed by atoms with E-state index in [1.165, 1.54) is 11.1 Å². The van der Waals surface area contributed by atoms with E-state index in [1.54, 1.807) is 6.20 Å². The maximum Gasteiger partial charge on any atom is 0.224 e. The molecule has 0 radical (unpaired) electrons. The van der Waals surface area contributed by atoms with Crippen LogP contribution in [0.5, 0.6) is 0 Å². The number of hydrogen-bond donors (Lipinski definition) is 2. The van der Waals surface area contributed by atoms with Gasteiger partial charge in [0.2, 0.25) is 5.91 Å². The Labute approximate surface area is 202 Å². The zero-order valence-electron chi connectivity index (χ0n) is 18.4. The van der Waals surface area contributed by atoms with Crippen molar-refractivity contribution in [3.05, 3.63) is 59.8 Å². The van der Waals surface area contributed by atoms with Gasteiger partial charge in [-0.15, -0.1) is 24.0 Å². The van der Waals surface area contributed by atoms with E-state index in [2.05, 4.69) is 56.7 Å². The van der Waals surface area contributed by atoms with Crippen molar-refractivity contribution in [3.8, 4) is 0 Å². The highest BCUT2D eigenvalue weighted by atomic mass is 127. The molecule has 1 aliphatic heterocycles. The van der Waals surface area contributed by atoms with Gasteiger partial charge in [-0.3, -0.25) is 4.79 Å². The Hall–Kier alpha value is -2.36. The Morgan fingerprint density at radius 2 is 1.81 bits per heavy atom. The van der Waals surface area contributed by atoms with Crippen molar-refractivity contribution in [2.24, 2.45) is 4.99 Å². The molecular formula is C23H33IN6O. The average Bonchev–Trinajstić information content (AvgIpc) is 2.79. The molecule has 0 aliphatic carbocycles. The standard InChI is InChI=1S/C23H32N6O.HI/c1-3-24-23(27-18-20-9-7-19(2)8-10-20)26-13-11-22(30)29-16-14-28(15-17-29)21-6-4-5-12-25-21;/h4-10,12H,3,11,13-18H2,1-2H3,(H2,24,26,27);1H. The van der Waals surface area contributed by atoms with E-state index >= 15 is 0 Å². The topological polar surface area (TPSA) is 72.9 Å². The van der Waals surface area contributed by atoms with Crippen LogP contribution >= 0.6 is 24.0 Å². The average molecular weight is 536 g/mol. The van der Waals surface area contributed by atoms with Crippen LogP contribution in [0, 0.1) is 6.92 Å². The molecule has 1 aromatic heterocycles.